The topological polar surface area (TPSA) is 127 Å². The summed E-state index contributed by atoms with van der Waals surface area (Å²) in [5.41, 5.74) is 2.47. The van der Waals surface area contributed by atoms with E-state index in [9.17, 15) is 10.5 Å². The highest BCUT2D eigenvalue weighted by molar-refractivity contribution is 6.36. The lowest BCUT2D eigenvalue weighted by molar-refractivity contribution is -0.0265. The number of nitriles is 2. The number of anilines is 4. The number of benzene rings is 1. The molecule has 1 atom stereocenters. The molecule has 0 spiro atoms. The van der Waals surface area contributed by atoms with Gasteiger partial charge in [0.25, 0.3) is 0 Å². The van der Waals surface area contributed by atoms with Crippen LogP contribution in [-0.2, 0) is 4.74 Å². The molecule has 3 heterocycles. The van der Waals surface area contributed by atoms with Crippen molar-refractivity contribution >= 4 is 40.4 Å². The average molecular weight is 492 g/mol. The highest BCUT2D eigenvalue weighted by Crippen LogP contribution is 2.38. The number of hydrogen-bond donors (Lipinski definition) is 2. The van der Waals surface area contributed by atoms with Gasteiger partial charge in [0, 0.05) is 19.1 Å². The van der Waals surface area contributed by atoms with Crippen LogP contribution in [0, 0.1) is 28.1 Å². The van der Waals surface area contributed by atoms with Crippen LogP contribution in [0.4, 0.5) is 23.1 Å². The molecular formula is C24H26ClN9O. The van der Waals surface area contributed by atoms with Crippen molar-refractivity contribution < 1.29 is 4.74 Å². The van der Waals surface area contributed by atoms with Crippen LogP contribution >= 0.6 is 11.6 Å². The quantitative estimate of drug-likeness (QED) is 0.542. The highest BCUT2D eigenvalue weighted by atomic mass is 35.5. The number of fused-ring (bicyclic) bond motifs is 1. The van der Waals surface area contributed by atoms with Crippen molar-refractivity contribution in [3.63, 3.8) is 0 Å². The molecule has 0 unspecified atom stereocenters. The number of hydrogen-bond acceptors (Lipinski definition) is 9. The van der Waals surface area contributed by atoms with E-state index in [0.717, 1.165) is 18.5 Å². The minimum atomic E-state index is -0.0312. The van der Waals surface area contributed by atoms with Crippen molar-refractivity contribution in [2.75, 3.05) is 35.2 Å². The lowest BCUT2D eigenvalue weighted by Crippen LogP contribution is -2.48. The standard InChI is InChI=1S/C24H26ClN9O/c1-24(2,3)19-13-33(6-7-35-19)18-9-14(10-26)8-17(20(18)25)30-23-31-21(29-15-4-5-15)22-28-12-16(11-27)34(22)32-23/h8-9,12,15,19H,4-7,13H2,1-3H3,(H2,29,30,31,32)/t19-/m1/s1. The third kappa shape index (κ3) is 4.68. The second-order valence-corrected chi connectivity index (χ2v) is 10.3. The molecule has 0 amide bonds. The van der Waals surface area contributed by atoms with Crippen molar-refractivity contribution in [2.24, 2.45) is 5.41 Å². The fourth-order valence-electron chi connectivity index (χ4n) is 4.04. The first-order valence-electron chi connectivity index (χ1n) is 11.6. The Kier molecular flexibility index (Phi) is 5.87. The summed E-state index contributed by atoms with van der Waals surface area (Å²) < 4.78 is 7.45. The Labute approximate surface area is 208 Å². The molecule has 1 aliphatic heterocycles. The molecule has 1 saturated heterocycles. The van der Waals surface area contributed by atoms with Gasteiger partial charge in [0.05, 0.1) is 46.9 Å². The molecule has 1 saturated carbocycles. The first-order valence-corrected chi connectivity index (χ1v) is 11.9. The molecule has 0 bridgehead atoms. The van der Waals surface area contributed by atoms with Gasteiger partial charge >= 0.3 is 0 Å². The molecule has 2 aromatic heterocycles. The number of nitrogens with one attached hydrogen (secondary N) is 2. The average Bonchev–Trinajstić information content (AvgIpc) is 3.56. The molecule has 0 radical (unpaired) electrons. The number of halogens is 1. The Bertz CT molecular complexity index is 1360. The van der Waals surface area contributed by atoms with Crippen LogP contribution in [0.3, 0.4) is 0 Å². The minimum Gasteiger partial charge on any atom is -0.374 e. The molecule has 1 aromatic carbocycles. The zero-order valence-corrected chi connectivity index (χ0v) is 20.6. The van der Waals surface area contributed by atoms with Crippen LogP contribution in [0.5, 0.6) is 0 Å². The van der Waals surface area contributed by atoms with E-state index < -0.39 is 0 Å². The van der Waals surface area contributed by atoms with Crippen LogP contribution < -0.4 is 15.5 Å². The summed E-state index contributed by atoms with van der Waals surface area (Å²) in [6.45, 7) is 8.34. The van der Waals surface area contributed by atoms with E-state index in [0.29, 0.717) is 59.2 Å². The largest absolute Gasteiger partial charge is 0.374 e. The number of aromatic nitrogens is 4. The molecule has 10 nitrogen and oxygen atoms in total. The van der Waals surface area contributed by atoms with Gasteiger partial charge in [-0.3, -0.25) is 0 Å². The fourth-order valence-corrected chi connectivity index (χ4v) is 4.31. The van der Waals surface area contributed by atoms with E-state index in [1.54, 1.807) is 12.1 Å². The van der Waals surface area contributed by atoms with Crippen molar-refractivity contribution in [3.8, 4) is 12.1 Å². The monoisotopic (exact) mass is 491 g/mol. The van der Waals surface area contributed by atoms with Crippen molar-refractivity contribution in [3.05, 3.63) is 34.6 Å². The van der Waals surface area contributed by atoms with E-state index >= 15 is 0 Å². The summed E-state index contributed by atoms with van der Waals surface area (Å²) in [6, 6.07) is 8.13. The number of nitrogens with zero attached hydrogens (tertiary/aromatic N) is 7. The summed E-state index contributed by atoms with van der Waals surface area (Å²) in [5.74, 6) is 0.785. The molecule has 2 N–H and O–H groups in total. The first-order chi connectivity index (χ1) is 16.8. The van der Waals surface area contributed by atoms with Gasteiger partial charge in [-0.25, -0.2) is 4.98 Å². The Morgan fingerprint density at radius 2 is 2.00 bits per heavy atom. The third-order valence-electron chi connectivity index (χ3n) is 6.20. The number of imidazole rings is 1. The molecule has 1 aliphatic carbocycles. The molecule has 180 valence electrons. The smallest absolute Gasteiger partial charge is 0.247 e. The first kappa shape index (κ1) is 23.2. The molecule has 35 heavy (non-hydrogen) atoms. The maximum atomic E-state index is 9.70. The summed E-state index contributed by atoms with van der Waals surface area (Å²) in [7, 11) is 0. The van der Waals surface area contributed by atoms with Gasteiger partial charge < -0.3 is 20.3 Å². The van der Waals surface area contributed by atoms with Crippen LogP contribution in [0.1, 0.15) is 44.9 Å². The zero-order chi connectivity index (χ0) is 24.7. The van der Waals surface area contributed by atoms with Gasteiger partial charge in [-0.1, -0.05) is 32.4 Å². The second kappa shape index (κ2) is 8.88. The highest BCUT2D eigenvalue weighted by Gasteiger charge is 2.32. The summed E-state index contributed by atoms with van der Waals surface area (Å²) in [5, 5.41) is 30.6. The lowest BCUT2D eigenvalue weighted by Gasteiger charge is -2.41. The van der Waals surface area contributed by atoms with Crippen molar-refractivity contribution in [2.45, 2.75) is 45.8 Å². The van der Waals surface area contributed by atoms with Gasteiger partial charge in [-0.2, -0.15) is 20.0 Å². The van der Waals surface area contributed by atoms with Gasteiger partial charge in [0.1, 0.15) is 6.07 Å². The summed E-state index contributed by atoms with van der Waals surface area (Å²) >= 11 is 6.88. The Balaban J connectivity index is 1.52. The van der Waals surface area contributed by atoms with Crippen LogP contribution in [0.25, 0.3) is 5.65 Å². The fraction of sp³-hybridized carbons (Fsp3) is 0.458. The maximum Gasteiger partial charge on any atom is 0.247 e. The lowest BCUT2D eigenvalue weighted by atomic mass is 9.88. The van der Waals surface area contributed by atoms with E-state index in [-0.39, 0.29) is 17.5 Å². The molecule has 3 aromatic rings. The van der Waals surface area contributed by atoms with Gasteiger partial charge in [-0.05, 0) is 30.4 Å². The molecule has 11 heteroatoms. The summed E-state index contributed by atoms with van der Waals surface area (Å²) in [4.78, 5) is 11.1. The van der Waals surface area contributed by atoms with E-state index in [2.05, 4.69) is 63.5 Å². The SMILES string of the molecule is CC(C)(C)[C@H]1CN(c2cc(C#N)cc(Nc3nc(NC4CC4)c4ncc(C#N)n4n3)c2Cl)CCO1. The maximum absolute atomic E-state index is 9.70. The minimum absolute atomic E-state index is 0.0295. The summed E-state index contributed by atoms with van der Waals surface area (Å²) in [6.07, 6.45) is 3.61. The third-order valence-corrected chi connectivity index (χ3v) is 6.59. The molecule has 2 fully saturated rings. The zero-order valence-electron chi connectivity index (χ0n) is 19.8. The molecule has 2 aliphatic rings. The molecule has 5 rings (SSSR count). The predicted octanol–water partition coefficient (Wildman–Crippen LogP) is 4.09. The van der Waals surface area contributed by atoms with Gasteiger partial charge in [-0.15, -0.1) is 5.10 Å². The number of rotatable bonds is 5. The van der Waals surface area contributed by atoms with Crippen molar-refractivity contribution in [1.29, 1.82) is 10.5 Å². The Morgan fingerprint density at radius 1 is 1.20 bits per heavy atom. The molecular weight excluding hydrogens is 466 g/mol. The van der Waals surface area contributed by atoms with Crippen molar-refractivity contribution in [1.82, 2.24) is 19.6 Å². The van der Waals surface area contributed by atoms with E-state index in [4.69, 9.17) is 16.3 Å². The van der Waals surface area contributed by atoms with E-state index in [1.807, 2.05) is 0 Å². The number of ether oxygens (including phenoxy) is 1. The van der Waals surface area contributed by atoms with Crippen LogP contribution in [0.2, 0.25) is 5.02 Å². The number of morpholine rings is 1. The van der Waals surface area contributed by atoms with E-state index in [1.165, 1.54) is 10.7 Å². The normalized spacial score (nSPS) is 18.2. The Hall–Kier alpha value is -3.60. The van der Waals surface area contributed by atoms with Gasteiger partial charge in [0.2, 0.25) is 5.95 Å². The van der Waals surface area contributed by atoms with Gasteiger partial charge in [0.15, 0.2) is 17.2 Å². The predicted molar refractivity (Wildman–Crippen MR) is 133 cm³/mol. The second-order valence-electron chi connectivity index (χ2n) is 9.96. The van der Waals surface area contributed by atoms with Crippen LogP contribution in [-0.4, -0.2) is 51.4 Å². The van der Waals surface area contributed by atoms with Crippen LogP contribution in [0.15, 0.2) is 18.3 Å². The Morgan fingerprint density at radius 3 is 2.69 bits per heavy atom.